The molecule has 1 fully saturated rings. The number of nitrogens with zero attached hydrogens (tertiary/aromatic N) is 3. The maximum absolute atomic E-state index is 12.4. The summed E-state index contributed by atoms with van der Waals surface area (Å²) in [7, 11) is 0. The van der Waals surface area contributed by atoms with Crippen molar-refractivity contribution in [3.63, 3.8) is 0 Å². The lowest BCUT2D eigenvalue weighted by Crippen LogP contribution is -2.42. The lowest BCUT2D eigenvalue weighted by Gasteiger charge is -2.33. The number of likely N-dealkylation sites (tertiary alicyclic amines) is 1. The van der Waals surface area contributed by atoms with Gasteiger partial charge >= 0.3 is 6.09 Å². The second kappa shape index (κ2) is 9.20. The molecule has 1 aromatic carbocycles. The van der Waals surface area contributed by atoms with E-state index in [0.29, 0.717) is 25.2 Å². The number of rotatable bonds is 5. The summed E-state index contributed by atoms with van der Waals surface area (Å²) >= 11 is 0. The molecule has 2 aromatic rings. The molecule has 3 N–H and O–H groups in total. The van der Waals surface area contributed by atoms with E-state index in [1.807, 2.05) is 20.8 Å². The lowest BCUT2D eigenvalue weighted by molar-refractivity contribution is -0.117. The number of carbonyl (C=O) groups is 3. The summed E-state index contributed by atoms with van der Waals surface area (Å²) < 4.78 is 6.95. The van der Waals surface area contributed by atoms with Crippen molar-refractivity contribution in [3.8, 4) is 5.69 Å². The Morgan fingerprint density at radius 2 is 1.77 bits per heavy atom. The van der Waals surface area contributed by atoms with Gasteiger partial charge in [-0.3, -0.25) is 9.59 Å². The molecule has 0 aliphatic carbocycles. The number of nitrogens with two attached hydrogens (primary N) is 1. The van der Waals surface area contributed by atoms with E-state index in [4.69, 9.17) is 10.5 Å². The van der Waals surface area contributed by atoms with Crippen molar-refractivity contribution in [1.82, 2.24) is 14.7 Å². The first-order chi connectivity index (χ1) is 14.6. The van der Waals surface area contributed by atoms with Gasteiger partial charge in [0.15, 0.2) is 0 Å². The van der Waals surface area contributed by atoms with Crippen LogP contribution in [0.1, 0.15) is 50.5 Å². The molecular formula is C22H29N5O4. The summed E-state index contributed by atoms with van der Waals surface area (Å²) in [5.41, 5.74) is 6.33. The van der Waals surface area contributed by atoms with Gasteiger partial charge in [0.25, 0.3) is 5.91 Å². The largest absolute Gasteiger partial charge is 0.444 e. The first-order valence-corrected chi connectivity index (χ1v) is 10.3. The van der Waals surface area contributed by atoms with E-state index >= 15 is 0 Å². The van der Waals surface area contributed by atoms with Crippen LogP contribution in [-0.4, -0.2) is 51.3 Å². The lowest BCUT2D eigenvalue weighted by atomic mass is 9.93. The van der Waals surface area contributed by atoms with Gasteiger partial charge in [-0.1, -0.05) is 0 Å². The Labute approximate surface area is 181 Å². The Bertz CT molecular complexity index is 938. The zero-order chi connectivity index (χ0) is 22.6. The van der Waals surface area contributed by atoms with Gasteiger partial charge < -0.3 is 20.7 Å². The number of hydrogen-bond acceptors (Lipinski definition) is 5. The average Bonchev–Trinajstić information content (AvgIpc) is 3.18. The Morgan fingerprint density at radius 3 is 2.32 bits per heavy atom. The molecule has 0 radical (unpaired) electrons. The van der Waals surface area contributed by atoms with Gasteiger partial charge in [-0.05, 0) is 69.9 Å². The van der Waals surface area contributed by atoms with Crippen molar-refractivity contribution in [2.75, 3.05) is 18.4 Å². The summed E-state index contributed by atoms with van der Waals surface area (Å²) in [4.78, 5) is 37.4. The van der Waals surface area contributed by atoms with Crippen LogP contribution in [0.15, 0.2) is 36.5 Å². The van der Waals surface area contributed by atoms with E-state index in [1.165, 1.54) is 0 Å². The fraction of sp³-hybridized carbons (Fsp3) is 0.455. The highest BCUT2D eigenvalue weighted by molar-refractivity contribution is 5.91. The zero-order valence-electron chi connectivity index (χ0n) is 18.1. The number of ether oxygens (including phenoxy) is 1. The summed E-state index contributed by atoms with van der Waals surface area (Å²) in [5, 5.41) is 7.01. The van der Waals surface area contributed by atoms with Gasteiger partial charge in [-0.15, -0.1) is 0 Å². The molecule has 3 amide bonds. The number of nitrogens with one attached hydrogen (secondary N) is 1. The predicted molar refractivity (Wildman–Crippen MR) is 116 cm³/mol. The van der Waals surface area contributed by atoms with E-state index in [9.17, 15) is 14.4 Å². The molecule has 3 rings (SSSR count). The molecule has 0 spiro atoms. The van der Waals surface area contributed by atoms with Crippen molar-refractivity contribution < 1.29 is 19.1 Å². The van der Waals surface area contributed by atoms with Crippen LogP contribution in [0.4, 0.5) is 10.5 Å². The van der Waals surface area contributed by atoms with Crippen LogP contribution in [0.2, 0.25) is 0 Å². The van der Waals surface area contributed by atoms with Gasteiger partial charge in [0.2, 0.25) is 5.91 Å². The summed E-state index contributed by atoms with van der Waals surface area (Å²) in [6, 6.07) is 8.71. The minimum absolute atomic E-state index is 0.0569. The molecule has 1 aromatic heterocycles. The molecule has 0 saturated carbocycles. The molecule has 1 aliphatic rings. The van der Waals surface area contributed by atoms with Crippen molar-refractivity contribution in [2.45, 2.75) is 45.6 Å². The van der Waals surface area contributed by atoms with Crippen molar-refractivity contribution in [3.05, 3.63) is 42.2 Å². The van der Waals surface area contributed by atoms with Crippen LogP contribution in [0.5, 0.6) is 0 Å². The summed E-state index contributed by atoms with van der Waals surface area (Å²) in [6.07, 6.45) is 3.30. The minimum Gasteiger partial charge on any atom is -0.444 e. The highest BCUT2D eigenvalue weighted by Gasteiger charge is 2.27. The number of primary amides is 1. The Kier molecular flexibility index (Phi) is 6.62. The summed E-state index contributed by atoms with van der Waals surface area (Å²) in [6.45, 7) is 6.74. The molecule has 31 heavy (non-hydrogen) atoms. The van der Waals surface area contributed by atoms with Gasteiger partial charge in [0, 0.05) is 31.4 Å². The number of anilines is 1. The highest BCUT2D eigenvalue weighted by Crippen LogP contribution is 2.23. The van der Waals surface area contributed by atoms with E-state index in [1.54, 1.807) is 46.1 Å². The van der Waals surface area contributed by atoms with E-state index in [-0.39, 0.29) is 23.6 Å². The second-order valence-corrected chi connectivity index (χ2v) is 8.72. The third-order valence-corrected chi connectivity index (χ3v) is 5.00. The molecular weight excluding hydrogens is 398 g/mol. The van der Waals surface area contributed by atoms with Crippen molar-refractivity contribution in [2.24, 2.45) is 11.7 Å². The first kappa shape index (κ1) is 22.3. The number of amides is 3. The fourth-order valence-electron chi connectivity index (χ4n) is 3.42. The van der Waals surface area contributed by atoms with Crippen LogP contribution in [-0.2, 0) is 9.53 Å². The molecule has 1 aliphatic heterocycles. The van der Waals surface area contributed by atoms with Crippen molar-refractivity contribution in [1.29, 1.82) is 0 Å². The van der Waals surface area contributed by atoms with Gasteiger partial charge in [-0.25, -0.2) is 9.48 Å². The quantitative estimate of drug-likeness (QED) is 0.760. The van der Waals surface area contributed by atoms with E-state index < -0.39 is 11.5 Å². The molecule has 0 unspecified atom stereocenters. The van der Waals surface area contributed by atoms with Gasteiger partial charge in [0.05, 0.1) is 5.69 Å². The Hall–Kier alpha value is -3.36. The Balaban J connectivity index is 1.47. The van der Waals surface area contributed by atoms with E-state index in [0.717, 1.165) is 18.5 Å². The predicted octanol–water partition coefficient (Wildman–Crippen LogP) is 2.95. The highest BCUT2D eigenvalue weighted by atomic mass is 16.6. The van der Waals surface area contributed by atoms with Crippen LogP contribution < -0.4 is 11.1 Å². The monoisotopic (exact) mass is 427 g/mol. The van der Waals surface area contributed by atoms with Gasteiger partial charge in [0.1, 0.15) is 11.3 Å². The maximum Gasteiger partial charge on any atom is 0.410 e. The van der Waals surface area contributed by atoms with Crippen LogP contribution in [0.25, 0.3) is 5.69 Å². The minimum atomic E-state index is -0.584. The topological polar surface area (TPSA) is 120 Å². The number of hydrogen-bond donors (Lipinski definition) is 2. The molecule has 0 atom stereocenters. The van der Waals surface area contributed by atoms with Crippen LogP contribution >= 0.6 is 0 Å². The molecule has 2 heterocycles. The second-order valence-electron chi connectivity index (χ2n) is 8.72. The summed E-state index contributed by atoms with van der Waals surface area (Å²) in [5.74, 6) is -0.410. The van der Waals surface area contributed by atoms with E-state index in [2.05, 4.69) is 10.4 Å². The van der Waals surface area contributed by atoms with Crippen molar-refractivity contribution >= 4 is 23.6 Å². The number of aromatic nitrogens is 2. The number of piperidine rings is 1. The van der Waals surface area contributed by atoms with Crippen LogP contribution in [0, 0.1) is 5.92 Å². The fourth-order valence-corrected chi connectivity index (χ4v) is 3.42. The number of carbonyl (C=O) groups excluding carboxylic acids is 3. The third-order valence-electron chi connectivity index (χ3n) is 5.00. The average molecular weight is 428 g/mol. The molecule has 166 valence electrons. The smallest absolute Gasteiger partial charge is 0.410 e. The third kappa shape index (κ3) is 6.31. The van der Waals surface area contributed by atoms with Gasteiger partial charge in [-0.2, -0.15) is 5.10 Å². The Morgan fingerprint density at radius 1 is 1.13 bits per heavy atom. The number of benzene rings is 1. The first-order valence-electron chi connectivity index (χ1n) is 10.3. The maximum atomic E-state index is 12.4. The molecule has 9 nitrogen and oxygen atoms in total. The van der Waals surface area contributed by atoms with Crippen LogP contribution in [0.3, 0.4) is 0 Å². The molecule has 1 saturated heterocycles. The normalized spacial score (nSPS) is 14.9. The SMILES string of the molecule is CC(C)(C)OC(=O)N1CCC(CC(=O)Nc2ccc(-n3ccc(C(N)=O)n3)cc2)CC1. The molecule has 9 heteroatoms. The zero-order valence-corrected chi connectivity index (χ0v) is 18.1. The standard InChI is InChI=1S/C22H29N5O4/c1-22(2,3)31-21(30)26-11-8-15(9-12-26)14-19(28)24-16-4-6-17(7-5-16)27-13-10-18(25-27)20(23)29/h4-7,10,13,15H,8-9,11-12,14H2,1-3H3,(H2,23,29)(H,24,28). The molecule has 0 bridgehead atoms.